The van der Waals surface area contributed by atoms with Crippen LogP contribution in [0.25, 0.3) is 0 Å². The molecule has 2 aromatic rings. The average Bonchev–Trinajstić information content (AvgIpc) is 2.50. The molecule has 0 spiro atoms. The minimum Gasteiger partial charge on any atom is -0.325 e. The molecular formula is C15H15ClN2O3S. The number of nitrogens with one attached hydrogen (secondary N) is 2. The molecule has 5 nitrogen and oxygen atoms in total. The summed E-state index contributed by atoms with van der Waals surface area (Å²) in [7, 11) is -3.74. The number of benzene rings is 2. The van der Waals surface area contributed by atoms with Crippen molar-refractivity contribution in [2.45, 2.75) is 17.9 Å². The first-order valence-electron chi connectivity index (χ1n) is 6.52. The third-order valence-corrected chi connectivity index (χ3v) is 4.70. The molecule has 0 radical (unpaired) electrons. The lowest BCUT2D eigenvalue weighted by Crippen LogP contribution is -2.41. The summed E-state index contributed by atoms with van der Waals surface area (Å²) >= 11 is 5.76. The molecule has 0 unspecified atom stereocenters. The SMILES string of the molecule is C[C@H](NS(=O)(=O)c1ccccc1)C(=O)Nc1ccc(Cl)cc1. The van der Waals surface area contributed by atoms with Crippen LogP contribution < -0.4 is 10.0 Å². The van der Waals surface area contributed by atoms with Gasteiger partial charge < -0.3 is 5.32 Å². The maximum Gasteiger partial charge on any atom is 0.242 e. The quantitative estimate of drug-likeness (QED) is 0.880. The number of halogens is 1. The molecule has 0 fully saturated rings. The largest absolute Gasteiger partial charge is 0.325 e. The third kappa shape index (κ3) is 4.30. The van der Waals surface area contributed by atoms with Crippen LogP contribution in [0.5, 0.6) is 0 Å². The fraction of sp³-hybridized carbons (Fsp3) is 0.133. The first-order chi connectivity index (χ1) is 10.4. The van der Waals surface area contributed by atoms with Crippen molar-refractivity contribution in [3.63, 3.8) is 0 Å². The van der Waals surface area contributed by atoms with Gasteiger partial charge in [-0.1, -0.05) is 29.8 Å². The van der Waals surface area contributed by atoms with Crippen molar-refractivity contribution in [2.24, 2.45) is 0 Å². The van der Waals surface area contributed by atoms with Crippen molar-refractivity contribution in [1.82, 2.24) is 4.72 Å². The monoisotopic (exact) mass is 338 g/mol. The van der Waals surface area contributed by atoms with E-state index in [4.69, 9.17) is 11.6 Å². The van der Waals surface area contributed by atoms with E-state index in [1.807, 2.05) is 0 Å². The molecule has 7 heteroatoms. The maximum absolute atomic E-state index is 12.1. The predicted octanol–water partition coefficient (Wildman–Crippen LogP) is 2.65. The normalized spacial score (nSPS) is 12.6. The van der Waals surface area contributed by atoms with E-state index in [1.165, 1.54) is 19.1 Å². The topological polar surface area (TPSA) is 75.3 Å². The van der Waals surface area contributed by atoms with Gasteiger partial charge >= 0.3 is 0 Å². The molecule has 1 atom stereocenters. The first kappa shape index (κ1) is 16.5. The van der Waals surface area contributed by atoms with Crippen LogP contribution in [0, 0.1) is 0 Å². The molecule has 0 aliphatic heterocycles. The summed E-state index contributed by atoms with van der Waals surface area (Å²) in [6.45, 7) is 1.48. The Hall–Kier alpha value is -1.89. The number of amides is 1. The summed E-state index contributed by atoms with van der Waals surface area (Å²) in [5.41, 5.74) is 0.542. The molecule has 0 saturated heterocycles. The van der Waals surface area contributed by atoms with Crippen molar-refractivity contribution in [1.29, 1.82) is 0 Å². The van der Waals surface area contributed by atoms with Crippen molar-refractivity contribution in [3.05, 3.63) is 59.6 Å². The van der Waals surface area contributed by atoms with Crippen LogP contribution in [0.4, 0.5) is 5.69 Å². The summed E-state index contributed by atoms with van der Waals surface area (Å²) in [6.07, 6.45) is 0. The standard InChI is InChI=1S/C15H15ClN2O3S/c1-11(15(19)17-13-9-7-12(16)8-10-13)18-22(20,21)14-5-3-2-4-6-14/h2-11,18H,1H3,(H,17,19)/t11-/m0/s1. The highest BCUT2D eigenvalue weighted by molar-refractivity contribution is 7.89. The second kappa shape index (κ2) is 6.91. The van der Waals surface area contributed by atoms with Gasteiger partial charge in [0, 0.05) is 10.7 Å². The van der Waals surface area contributed by atoms with Gasteiger partial charge in [-0.3, -0.25) is 4.79 Å². The minimum absolute atomic E-state index is 0.112. The van der Waals surface area contributed by atoms with Crippen LogP contribution in [0.1, 0.15) is 6.92 Å². The minimum atomic E-state index is -3.74. The van der Waals surface area contributed by atoms with Crippen LogP contribution in [0.15, 0.2) is 59.5 Å². The van der Waals surface area contributed by atoms with E-state index in [0.717, 1.165) is 0 Å². The molecule has 0 aliphatic carbocycles. The summed E-state index contributed by atoms with van der Waals surface area (Å²) in [5.74, 6) is -0.457. The lowest BCUT2D eigenvalue weighted by atomic mass is 10.3. The van der Waals surface area contributed by atoms with Gasteiger partial charge in [0.1, 0.15) is 0 Å². The smallest absolute Gasteiger partial charge is 0.242 e. The maximum atomic E-state index is 12.1. The molecule has 116 valence electrons. The molecule has 0 aromatic heterocycles. The van der Waals surface area contributed by atoms with Crippen molar-refractivity contribution in [3.8, 4) is 0 Å². The van der Waals surface area contributed by atoms with E-state index in [1.54, 1.807) is 42.5 Å². The summed E-state index contributed by atoms with van der Waals surface area (Å²) < 4.78 is 26.6. The molecule has 0 heterocycles. The predicted molar refractivity (Wildman–Crippen MR) is 86.3 cm³/mol. The summed E-state index contributed by atoms with van der Waals surface area (Å²) in [6, 6.07) is 13.5. The van der Waals surface area contributed by atoms with Gasteiger partial charge in [-0.05, 0) is 43.3 Å². The number of hydrogen-bond donors (Lipinski definition) is 2. The number of carbonyl (C=O) groups excluding carboxylic acids is 1. The molecule has 2 aromatic carbocycles. The van der Waals surface area contributed by atoms with E-state index in [2.05, 4.69) is 10.0 Å². The molecular weight excluding hydrogens is 324 g/mol. The lowest BCUT2D eigenvalue weighted by Gasteiger charge is -2.14. The van der Waals surface area contributed by atoms with Gasteiger partial charge in [0.2, 0.25) is 15.9 Å². The van der Waals surface area contributed by atoms with E-state index < -0.39 is 22.0 Å². The van der Waals surface area contributed by atoms with Crippen molar-refractivity contribution < 1.29 is 13.2 Å². The molecule has 1 amide bonds. The van der Waals surface area contributed by atoms with Crippen molar-refractivity contribution in [2.75, 3.05) is 5.32 Å². The van der Waals surface area contributed by atoms with Crippen LogP contribution in [0.3, 0.4) is 0 Å². The second-order valence-corrected chi connectivity index (χ2v) is 6.80. The molecule has 2 N–H and O–H groups in total. The Kier molecular flexibility index (Phi) is 5.18. The van der Waals surface area contributed by atoms with Crippen LogP contribution in [-0.2, 0) is 14.8 Å². The highest BCUT2D eigenvalue weighted by atomic mass is 35.5. The van der Waals surface area contributed by atoms with Crippen LogP contribution >= 0.6 is 11.6 Å². The molecule has 2 rings (SSSR count). The number of rotatable bonds is 5. The molecule has 22 heavy (non-hydrogen) atoms. The van der Waals surface area contributed by atoms with Crippen LogP contribution in [-0.4, -0.2) is 20.4 Å². The van der Waals surface area contributed by atoms with Gasteiger partial charge in [-0.25, -0.2) is 8.42 Å². The first-order valence-corrected chi connectivity index (χ1v) is 8.38. The van der Waals surface area contributed by atoms with Gasteiger partial charge in [0.25, 0.3) is 0 Å². The second-order valence-electron chi connectivity index (χ2n) is 4.65. The third-order valence-electron chi connectivity index (χ3n) is 2.89. The zero-order chi connectivity index (χ0) is 16.2. The van der Waals surface area contributed by atoms with Gasteiger partial charge in [-0.2, -0.15) is 4.72 Å². The zero-order valence-electron chi connectivity index (χ0n) is 11.8. The van der Waals surface area contributed by atoms with Crippen LogP contribution in [0.2, 0.25) is 5.02 Å². The van der Waals surface area contributed by atoms with E-state index >= 15 is 0 Å². The average molecular weight is 339 g/mol. The Balaban J connectivity index is 2.04. The highest BCUT2D eigenvalue weighted by Crippen LogP contribution is 2.14. The number of sulfonamides is 1. The number of hydrogen-bond acceptors (Lipinski definition) is 3. The van der Waals surface area contributed by atoms with Gasteiger partial charge in [0.05, 0.1) is 10.9 Å². The fourth-order valence-corrected chi connectivity index (χ4v) is 3.09. The molecule has 0 saturated carbocycles. The summed E-state index contributed by atoms with van der Waals surface area (Å²) in [5, 5.41) is 3.17. The Morgan fingerprint density at radius 3 is 2.23 bits per heavy atom. The summed E-state index contributed by atoms with van der Waals surface area (Å²) in [4.78, 5) is 12.1. The fourth-order valence-electron chi connectivity index (χ4n) is 1.74. The Labute approximate surface area is 134 Å². The Morgan fingerprint density at radius 1 is 1.05 bits per heavy atom. The van der Waals surface area contributed by atoms with Gasteiger partial charge in [0.15, 0.2) is 0 Å². The van der Waals surface area contributed by atoms with E-state index in [9.17, 15) is 13.2 Å². The molecule has 0 aliphatic rings. The number of anilines is 1. The number of carbonyl (C=O) groups is 1. The highest BCUT2D eigenvalue weighted by Gasteiger charge is 2.21. The Bertz CT molecular complexity index is 746. The van der Waals surface area contributed by atoms with E-state index in [0.29, 0.717) is 10.7 Å². The zero-order valence-corrected chi connectivity index (χ0v) is 13.4. The van der Waals surface area contributed by atoms with E-state index in [-0.39, 0.29) is 4.90 Å². The van der Waals surface area contributed by atoms with Crippen molar-refractivity contribution >= 4 is 33.2 Å². The lowest BCUT2D eigenvalue weighted by molar-refractivity contribution is -0.117. The molecule has 0 bridgehead atoms. The Morgan fingerprint density at radius 2 is 1.64 bits per heavy atom. The van der Waals surface area contributed by atoms with Gasteiger partial charge in [-0.15, -0.1) is 0 Å².